The van der Waals surface area contributed by atoms with Crippen molar-refractivity contribution in [2.24, 2.45) is 0 Å². The van der Waals surface area contributed by atoms with Crippen LogP contribution in [0.15, 0.2) is 42.5 Å². The summed E-state index contributed by atoms with van der Waals surface area (Å²) >= 11 is 6.25. The first-order chi connectivity index (χ1) is 14.3. The van der Waals surface area contributed by atoms with Crippen molar-refractivity contribution in [1.82, 2.24) is 15.1 Å². The predicted octanol–water partition coefficient (Wildman–Crippen LogP) is 3.85. The van der Waals surface area contributed by atoms with Crippen LogP contribution in [0.1, 0.15) is 34.2 Å². The van der Waals surface area contributed by atoms with Crippen LogP contribution in [0.2, 0.25) is 5.02 Å². The lowest BCUT2D eigenvalue weighted by atomic mass is 10.1. The number of aliphatic hydroxyl groups excluding tert-OH is 1. The van der Waals surface area contributed by atoms with Crippen molar-refractivity contribution in [3.8, 4) is 11.4 Å². The summed E-state index contributed by atoms with van der Waals surface area (Å²) in [5.41, 5.74) is 5.11. The zero-order valence-corrected chi connectivity index (χ0v) is 18.3. The Hall–Kier alpha value is -2.83. The lowest BCUT2D eigenvalue weighted by Gasteiger charge is -2.13. The summed E-state index contributed by atoms with van der Waals surface area (Å²) in [6, 6.07) is 12.9. The number of halogens is 1. The maximum Gasteiger partial charge on any atom is 0.224 e. The van der Waals surface area contributed by atoms with Crippen molar-refractivity contribution in [1.29, 1.82) is 0 Å². The number of carbonyl (C=O) groups is 1. The van der Waals surface area contributed by atoms with Gasteiger partial charge in [-0.2, -0.15) is 5.10 Å². The molecule has 0 aliphatic carbocycles. The van der Waals surface area contributed by atoms with E-state index < -0.39 is 6.10 Å². The summed E-state index contributed by atoms with van der Waals surface area (Å²) in [5, 5.41) is 18.4. The molecule has 6 nitrogen and oxygen atoms in total. The highest BCUT2D eigenvalue weighted by molar-refractivity contribution is 6.31. The van der Waals surface area contributed by atoms with E-state index in [0.29, 0.717) is 16.3 Å². The van der Waals surface area contributed by atoms with Crippen LogP contribution >= 0.6 is 11.6 Å². The summed E-state index contributed by atoms with van der Waals surface area (Å²) in [7, 11) is 1.59. The van der Waals surface area contributed by atoms with E-state index in [1.807, 2.05) is 39.0 Å². The molecule has 3 rings (SSSR count). The molecule has 1 atom stereocenters. The second-order valence-corrected chi connectivity index (χ2v) is 7.67. The van der Waals surface area contributed by atoms with Crippen LogP contribution in [0.25, 0.3) is 5.69 Å². The second kappa shape index (κ2) is 9.32. The highest BCUT2D eigenvalue weighted by Crippen LogP contribution is 2.23. The van der Waals surface area contributed by atoms with E-state index >= 15 is 0 Å². The van der Waals surface area contributed by atoms with Crippen molar-refractivity contribution in [2.45, 2.75) is 33.3 Å². The molecule has 30 heavy (non-hydrogen) atoms. The lowest BCUT2D eigenvalue weighted by Crippen LogP contribution is -2.30. The Morgan fingerprint density at radius 1 is 1.20 bits per heavy atom. The van der Waals surface area contributed by atoms with Gasteiger partial charge >= 0.3 is 0 Å². The molecule has 0 spiro atoms. The summed E-state index contributed by atoms with van der Waals surface area (Å²) in [5.74, 6) is 0.545. The molecule has 0 radical (unpaired) electrons. The monoisotopic (exact) mass is 427 g/mol. The highest BCUT2D eigenvalue weighted by Gasteiger charge is 2.17. The molecule has 158 valence electrons. The largest absolute Gasteiger partial charge is 0.497 e. The van der Waals surface area contributed by atoms with E-state index in [2.05, 4.69) is 10.4 Å². The van der Waals surface area contributed by atoms with Gasteiger partial charge in [0.25, 0.3) is 0 Å². The van der Waals surface area contributed by atoms with Crippen LogP contribution in [0.3, 0.4) is 0 Å². The van der Waals surface area contributed by atoms with E-state index in [4.69, 9.17) is 16.3 Å². The van der Waals surface area contributed by atoms with Gasteiger partial charge in [-0.25, -0.2) is 4.68 Å². The molecule has 1 unspecified atom stereocenters. The summed E-state index contributed by atoms with van der Waals surface area (Å²) in [4.78, 5) is 12.5. The standard InChI is InChI=1S/C23H26ClN3O3/c1-14-5-8-18(11-21(14)24)27-16(3)20(15(2)26-27)12-23(29)25-13-22(28)17-6-9-19(30-4)10-7-17/h5-11,22,28H,12-13H2,1-4H3,(H,25,29). The Morgan fingerprint density at radius 3 is 2.53 bits per heavy atom. The molecule has 0 saturated carbocycles. The predicted molar refractivity (Wildman–Crippen MR) is 117 cm³/mol. The minimum Gasteiger partial charge on any atom is -0.497 e. The van der Waals surface area contributed by atoms with Gasteiger partial charge in [-0.05, 0) is 56.2 Å². The fourth-order valence-electron chi connectivity index (χ4n) is 3.27. The topological polar surface area (TPSA) is 76.4 Å². The third-order valence-electron chi connectivity index (χ3n) is 5.17. The van der Waals surface area contributed by atoms with Crippen LogP contribution < -0.4 is 10.1 Å². The molecule has 0 fully saturated rings. The number of ether oxygens (including phenoxy) is 1. The Bertz CT molecular complexity index is 1040. The van der Waals surface area contributed by atoms with Crippen LogP contribution in [-0.2, 0) is 11.2 Å². The molecule has 1 aromatic heterocycles. The average Bonchev–Trinajstić information content (AvgIpc) is 3.02. The molecule has 1 amide bonds. The number of carbonyl (C=O) groups excluding carboxylic acids is 1. The number of hydrogen-bond acceptors (Lipinski definition) is 4. The van der Waals surface area contributed by atoms with Gasteiger partial charge < -0.3 is 15.2 Å². The molecule has 0 saturated heterocycles. The number of aryl methyl sites for hydroxylation is 2. The Labute approximate surface area is 181 Å². The van der Waals surface area contributed by atoms with Gasteiger partial charge in [0.15, 0.2) is 0 Å². The normalized spacial score (nSPS) is 11.9. The van der Waals surface area contributed by atoms with Crippen LogP contribution in [0.4, 0.5) is 0 Å². The van der Waals surface area contributed by atoms with E-state index in [1.54, 1.807) is 36.1 Å². The van der Waals surface area contributed by atoms with Crippen LogP contribution in [0, 0.1) is 20.8 Å². The van der Waals surface area contributed by atoms with Crippen molar-refractivity contribution < 1.29 is 14.6 Å². The summed E-state index contributed by atoms with van der Waals surface area (Å²) < 4.78 is 6.92. The molecular formula is C23H26ClN3O3. The number of methoxy groups -OCH3 is 1. The van der Waals surface area contributed by atoms with Gasteiger partial charge in [0, 0.05) is 22.8 Å². The first-order valence-electron chi connectivity index (χ1n) is 9.70. The van der Waals surface area contributed by atoms with E-state index in [1.165, 1.54) is 0 Å². The maximum atomic E-state index is 12.5. The van der Waals surface area contributed by atoms with Crippen molar-refractivity contribution in [3.63, 3.8) is 0 Å². The van der Waals surface area contributed by atoms with Gasteiger partial charge in [0.05, 0.1) is 31.0 Å². The molecule has 7 heteroatoms. The molecule has 1 heterocycles. The third kappa shape index (κ3) is 4.83. The first kappa shape index (κ1) is 21.9. The molecule has 0 aliphatic rings. The quantitative estimate of drug-likeness (QED) is 0.600. The molecule has 3 aromatic rings. The van der Waals surface area contributed by atoms with Gasteiger partial charge in [0.2, 0.25) is 5.91 Å². The second-order valence-electron chi connectivity index (χ2n) is 7.26. The van der Waals surface area contributed by atoms with Crippen molar-refractivity contribution in [2.75, 3.05) is 13.7 Å². The minimum absolute atomic E-state index is 0.130. The number of nitrogens with zero attached hydrogens (tertiary/aromatic N) is 2. The number of aromatic nitrogens is 2. The third-order valence-corrected chi connectivity index (χ3v) is 5.58. The Morgan fingerprint density at radius 2 is 1.90 bits per heavy atom. The van der Waals surface area contributed by atoms with Crippen LogP contribution in [0.5, 0.6) is 5.75 Å². The van der Waals surface area contributed by atoms with Gasteiger partial charge in [0.1, 0.15) is 5.75 Å². The fourth-order valence-corrected chi connectivity index (χ4v) is 3.45. The van der Waals surface area contributed by atoms with E-state index in [-0.39, 0.29) is 18.9 Å². The summed E-state index contributed by atoms with van der Waals surface area (Å²) in [6.45, 7) is 5.89. The number of amides is 1. The van der Waals surface area contributed by atoms with E-state index in [0.717, 1.165) is 28.2 Å². The number of hydrogen-bond donors (Lipinski definition) is 2. The van der Waals surface area contributed by atoms with Gasteiger partial charge in [-0.1, -0.05) is 29.8 Å². The Kier molecular flexibility index (Phi) is 6.80. The minimum atomic E-state index is -0.792. The highest BCUT2D eigenvalue weighted by atomic mass is 35.5. The van der Waals surface area contributed by atoms with Crippen molar-refractivity contribution >= 4 is 17.5 Å². The number of nitrogens with one attached hydrogen (secondary N) is 1. The van der Waals surface area contributed by atoms with Gasteiger partial charge in [-0.15, -0.1) is 0 Å². The number of aliphatic hydroxyl groups is 1. The van der Waals surface area contributed by atoms with Crippen molar-refractivity contribution in [3.05, 3.63) is 75.6 Å². The molecular weight excluding hydrogens is 402 g/mol. The molecule has 2 N–H and O–H groups in total. The van der Waals surface area contributed by atoms with E-state index in [9.17, 15) is 9.90 Å². The fraction of sp³-hybridized carbons (Fsp3) is 0.304. The summed E-state index contributed by atoms with van der Waals surface area (Å²) in [6.07, 6.45) is -0.605. The SMILES string of the molecule is COc1ccc(C(O)CNC(=O)Cc2c(C)nn(-c3ccc(C)c(Cl)c3)c2C)cc1. The average molecular weight is 428 g/mol. The molecule has 0 bridgehead atoms. The van der Waals surface area contributed by atoms with Gasteiger partial charge in [-0.3, -0.25) is 4.79 Å². The first-order valence-corrected chi connectivity index (χ1v) is 10.1. The zero-order valence-electron chi connectivity index (χ0n) is 17.6. The maximum absolute atomic E-state index is 12.5. The zero-order chi connectivity index (χ0) is 21.8. The molecule has 0 aliphatic heterocycles. The Balaban J connectivity index is 1.66. The smallest absolute Gasteiger partial charge is 0.224 e. The lowest BCUT2D eigenvalue weighted by molar-refractivity contribution is -0.120. The number of benzene rings is 2. The number of rotatable bonds is 7. The molecule has 2 aromatic carbocycles. The van der Waals surface area contributed by atoms with Crippen LogP contribution in [-0.4, -0.2) is 34.4 Å².